The zero-order valence-corrected chi connectivity index (χ0v) is 10.0. The van der Waals surface area contributed by atoms with E-state index >= 15 is 0 Å². The number of hydrogen-bond acceptors (Lipinski definition) is 5. The highest BCUT2D eigenvalue weighted by Gasteiger charge is 2.26. The first kappa shape index (κ1) is 11.2. The maximum atomic E-state index is 5.91. The number of aromatic nitrogens is 2. The molecule has 5 heteroatoms. The smallest absolute Gasteiger partial charge is 0.175 e. The molecular formula is C13H15N3O2. The van der Waals surface area contributed by atoms with E-state index in [1.54, 1.807) is 12.4 Å². The number of pyridine rings is 1. The summed E-state index contributed by atoms with van der Waals surface area (Å²) < 4.78 is 10.9. The van der Waals surface area contributed by atoms with Crippen molar-refractivity contribution in [1.29, 1.82) is 0 Å². The summed E-state index contributed by atoms with van der Waals surface area (Å²) in [5.74, 6) is 1.47. The van der Waals surface area contributed by atoms with Crippen LogP contribution in [0.25, 0.3) is 11.1 Å². The zero-order chi connectivity index (χ0) is 12.4. The lowest BCUT2D eigenvalue weighted by Gasteiger charge is -2.20. The van der Waals surface area contributed by atoms with Crippen molar-refractivity contribution in [1.82, 2.24) is 10.1 Å². The van der Waals surface area contributed by atoms with Crippen molar-refractivity contribution < 1.29 is 9.26 Å². The molecule has 0 radical (unpaired) electrons. The van der Waals surface area contributed by atoms with Crippen LogP contribution in [-0.2, 0) is 4.74 Å². The average Bonchev–Trinajstić information content (AvgIpc) is 2.83. The monoisotopic (exact) mass is 245 g/mol. The first-order valence-electron chi connectivity index (χ1n) is 6.09. The highest BCUT2D eigenvalue weighted by Crippen LogP contribution is 2.36. The minimum absolute atomic E-state index is 0.235. The summed E-state index contributed by atoms with van der Waals surface area (Å²) >= 11 is 0. The van der Waals surface area contributed by atoms with Crippen LogP contribution in [0.4, 0.5) is 5.82 Å². The van der Waals surface area contributed by atoms with Crippen molar-refractivity contribution in [3.05, 3.63) is 30.3 Å². The molecule has 1 fully saturated rings. The van der Waals surface area contributed by atoms with Gasteiger partial charge in [0.25, 0.3) is 0 Å². The molecule has 2 N–H and O–H groups in total. The molecule has 94 valence electrons. The molecule has 1 unspecified atom stereocenters. The first-order chi connectivity index (χ1) is 8.86. The van der Waals surface area contributed by atoms with E-state index in [1.807, 2.05) is 12.1 Å². The summed E-state index contributed by atoms with van der Waals surface area (Å²) in [5, 5.41) is 3.89. The maximum absolute atomic E-state index is 5.91. The molecule has 1 saturated heterocycles. The van der Waals surface area contributed by atoms with E-state index in [4.69, 9.17) is 15.0 Å². The standard InChI is InChI=1S/C13H15N3O2/c14-13-11(9-3-1-5-15-7-9)12(18-16-13)10-4-2-6-17-8-10/h1,3,5,7,10H,2,4,6,8H2,(H2,14,16). The Balaban J connectivity index is 2.01. The minimum Gasteiger partial charge on any atom is -0.381 e. The van der Waals surface area contributed by atoms with Gasteiger partial charge in [-0.25, -0.2) is 0 Å². The van der Waals surface area contributed by atoms with Gasteiger partial charge in [0.2, 0.25) is 0 Å². The van der Waals surface area contributed by atoms with Crippen LogP contribution >= 0.6 is 0 Å². The van der Waals surface area contributed by atoms with Crippen molar-refractivity contribution in [2.45, 2.75) is 18.8 Å². The minimum atomic E-state index is 0.235. The maximum Gasteiger partial charge on any atom is 0.175 e. The van der Waals surface area contributed by atoms with Crippen molar-refractivity contribution in [2.24, 2.45) is 0 Å². The number of nitrogens with zero attached hydrogens (tertiary/aromatic N) is 2. The Morgan fingerprint density at radius 3 is 3.06 bits per heavy atom. The third kappa shape index (κ3) is 1.97. The molecule has 2 aromatic rings. The summed E-state index contributed by atoms with van der Waals surface area (Å²) in [7, 11) is 0. The Morgan fingerprint density at radius 2 is 2.33 bits per heavy atom. The summed E-state index contributed by atoms with van der Waals surface area (Å²) in [5.41, 5.74) is 7.71. The molecule has 1 aliphatic heterocycles. The van der Waals surface area contributed by atoms with E-state index in [9.17, 15) is 0 Å². The lowest BCUT2D eigenvalue weighted by molar-refractivity contribution is 0.0723. The quantitative estimate of drug-likeness (QED) is 0.878. The Hall–Kier alpha value is -1.88. The SMILES string of the molecule is Nc1noc(C2CCCOC2)c1-c1cccnc1. The lowest BCUT2D eigenvalue weighted by atomic mass is 9.94. The van der Waals surface area contributed by atoms with Gasteiger partial charge in [0.05, 0.1) is 12.2 Å². The normalized spacial score (nSPS) is 19.9. The largest absolute Gasteiger partial charge is 0.381 e. The summed E-state index contributed by atoms with van der Waals surface area (Å²) in [6, 6.07) is 3.84. The second kappa shape index (κ2) is 4.78. The molecule has 3 rings (SSSR count). The van der Waals surface area contributed by atoms with Gasteiger partial charge in [-0.2, -0.15) is 0 Å². The second-order valence-corrected chi connectivity index (χ2v) is 4.46. The highest BCUT2D eigenvalue weighted by molar-refractivity contribution is 5.75. The van der Waals surface area contributed by atoms with Crippen molar-refractivity contribution >= 4 is 5.82 Å². The summed E-state index contributed by atoms with van der Waals surface area (Å²) in [4.78, 5) is 4.11. The molecular weight excluding hydrogens is 230 g/mol. The second-order valence-electron chi connectivity index (χ2n) is 4.46. The molecule has 3 heterocycles. The van der Waals surface area contributed by atoms with E-state index in [-0.39, 0.29) is 5.92 Å². The van der Waals surface area contributed by atoms with Gasteiger partial charge in [-0.05, 0) is 18.9 Å². The fourth-order valence-corrected chi connectivity index (χ4v) is 2.34. The van der Waals surface area contributed by atoms with Gasteiger partial charge in [-0.3, -0.25) is 4.98 Å². The number of nitrogens with two attached hydrogens (primary N) is 1. The molecule has 0 aromatic carbocycles. The molecule has 0 aliphatic carbocycles. The van der Waals surface area contributed by atoms with E-state index in [2.05, 4.69) is 10.1 Å². The fraction of sp³-hybridized carbons (Fsp3) is 0.385. The molecule has 1 aliphatic rings. The molecule has 18 heavy (non-hydrogen) atoms. The summed E-state index contributed by atoms with van der Waals surface area (Å²) in [6.45, 7) is 1.49. The Morgan fingerprint density at radius 1 is 1.39 bits per heavy atom. The van der Waals surface area contributed by atoms with Gasteiger partial charge >= 0.3 is 0 Å². The molecule has 5 nitrogen and oxygen atoms in total. The molecule has 0 amide bonds. The van der Waals surface area contributed by atoms with Crippen LogP contribution < -0.4 is 5.73 Å². The molecule has 0 saturated carbocycles. The van der Waals surface area contributed by atoms with Crippen LogP contribution in [-0.4, -0.2) is 23.4 Å². The van der Waals surface area contributed by atoms with Gasteiger partial charge in [0.15, 0.2) is 11.6 Å². The van der Waals surface area contributed by atoms with E-state index in [1.165, 1.54) is 0 Å². The van der Waals surface area contributed by atoms with Crippen LogP contribution in [0.1, 0.15) is 24.5 Å². The van der Waals surface area contributed by atoms with Crippen LogP contribution in [0.3, 0.4) is 0 Å². The number of rotatable bonds is 2. The zero-order valence-electron chi connectivity index (χ0n) is 10.0. The fourth-order valence-electron chi connectivity index (χ4n) is 2.34. The third-order valence-electron chi connectivity index (χ3n) is 3.23. The summed E-state index contributed by atoms with van der Waals surface area (Å²) in [6.07, 6.45) is 5.59. The van der Waals surface area contributed by atoms with Crippen molar-refractivity contribution in [3.8, 4) is 11.1 Å². The predicted molar refractivity (Wildman–Crippen MR) is 66.9 cm³/mol. The van der Waals surface area contributed by atoms with Crippen LogP contribution in [0.5, 0.6) is 0 Å². The number of anilines is 1. The van der Waals surface area contributed by atoms with E-state index in [0.29, 0.717) is 12.4 Å². The Kier molecular flexibility index (Phi) is 2.98. The van der Waals surface area contributed by atoms with Gasteiger partial charge in [-0.15, -0.1) is 0 Å². The molecule has 1 atom stereocenters. The first-order valence-corrected chi connectivity index (χ1v) is 6.09. The van der Waals surface area contributed by atoms with Gasteiger partial charge < -0.3 is 15.0 Å². The Bertz CT molecular complexity index is 518. The molecule has 0 bridgehead atoms. The van der Waals surface area contributed by atoms with E-state index < -0.39 is 0 Å². The van der Waals surface area contributed by atoms with Crippen LogP contribution in [0.2, 0.25) is 0 Å². The number of ether oxygens (including phenoxy) is 1. The topological polar surface area (TPSA) is 74.2 Å². The predicted octanol–water partition coefficient (Wildman–Crippen LogP) is 2.21. The Labute approximate surface area is 105 Å². The number of hydrogen-bond donors (Lipinski definition) is 1. The van der Waals surface area contributed by atoms with Crippen molar-refractivity contribution in [3.63, 3.8) is 0 Å². The highest BCUT2D eigenvalue weighted by atomic mass is 16.5. The lowest BCUT2D eigenvalue weighted by Crippen LogP contribution is -2.15. The van der Waals surface area contributed by atoms with Gasteiger partial charge in [0.1, 0.15) is 0 Å². The van der Waals surface area contributed by atoms with E-state index in [0.717, 1.165) is 36.3 Å². The van der Waals surface area contributed by atoms with Crippen LogP contribution in [0.15, 0.2) is 29.0 Å². The van der Waals surface area contributed by atoms with Crippen LogP contribution in [0, 0.1) is 0 Å². The van der Waals surface area contributed by atoms with Gasteiger partial charge in [-0.1, -0.05) is 11.2 Å². The third-order valence-corrected chi connectivity index (χ3v) is 3.23. The van der Waals surface area contributed by atoms with Crippen molar-refractivity contribution in [2.75, 3.05) is 18.9 Å². The van der Waals surface area contributed by atoms with Gasteiger partial charge in [0, 0.05) is 30.5 Å². The average molecular weight is 245 g/mol. The number of nitrogen functional groups attached to an aromatic ring is 1. The molecule has 0 spiro atoms. The molecule has 2 aromatic heterocycles.